The predicted octanol–water partition coefficient (Wildman–Crippen LogP) is 2.73. The molecule has 1 fully saturated rings. The number of carbonyl (C=O) groups excluding carboxylic acids is 2. The quantitative estimate of drug-likeness (QED) is 0.631. The molecule has 0 aromatic heterocycles. The third-order valence-electron chi connectivity index (χ3n) is 6.05. The van der Waals surface area contributed by atoms with Crippen LogP contribution < -0.4 is 15.4 Å². The van der Waals surface area contributed by atoms with Crippen LogP contribution in [0.4, 0.5) is 19.7 Å². The van der Waals surface area contributed by atoms with Gasteiger partial charge in [0.2, 0.25) is 0 Å². The number of hydrogen-bond acceptors (Lipinski definition) is 4. The second kappa shape index (κ2) is 9.36. The first-order valence-corrected chi connectivity index (χ1v) is 12.1. The van der Waals surface area contributed by atoms with Gasteiger partial charge in [0.25, 0.3) is 0 Å². The summed E-state index contributed by atoms with van der Waals surface area (Å²) in [7, 11) is -2.50. The van der Waals surface area contributed by atoms with Crippen LogP contribution in [0.2, 0.25) is 0 Å². The van der Waals surface area contributed by atoms with Gasteiger partial charge in [0.1, 0.15) is 5.82 Å². The van der Waals surface area contributed by atoms with Gasteiger partial charge in [-0.15, -0.1) is 0 Å². The Labute approximate surface area is 192 Å². The van der Waals surface area contributed by atoms with Crippen LogP contribution in [0.5, 0.6) is 0 Å². The van der Waals surface area contributed by atoms with E-state index in [-0.39, 0.29) is 17.8 Å². The fourth-order valence-electron chi connectivity index (χ4n) is 4.21. The van der Waals surface area contributed by atoms with Crippen LogP contribution in [0.1, 0.15) is 35.4 Å². The Morgan fingerprint density at radius 1 is 1.00 bits per heavy atom. The number of anilines is 1. The van der Waals surface area contributed by atoms with Gasteiger partial charge in [-0.2, -0.15) is 12.7 Å². The van der Waals surface area contributed by atoms with Gasteiger partial charge in [-0.1, -0.05) is 18.2 Å². The van der Waals surface area contributed by atoms with E-state index < -0.39 is 16.2 Å². The van der Waals surface area contributed by atoms with Gasteiger partial charge in [0.15, 0.2) is 0 Å². The first-order valence-electron chi connectivity index (χ1n) is 10.7. The topological polar surface area (TPSA) is 111 Å². The molecule has 2 aliphatic heterocycles. The summed E-state index contributed by atoms with van der Waals surface area (Å²) in [6, 6.07) is 11.1. The first-order chi connectivity index (χ1) is 15.7. The molecular weight excluding hydrogens is 449 g/mol. The predicted molar refractivity (Wildman–Crippen MR) is 121 cm³/mol. The monoisotopic (exact) mass is 475 g/mol. The Balaban J connectivity index is 1.30. The number of urea groups is 2. The van der Waals surface area contributed by atoms with Crippen LogP contribution in [0, 0.1) is 5.82 Å². The maximum atomic E-state index is 13.4. The first kappa shape index (κ1) is 23.0. The average molecular weight is 476 g/mol. The van der Waals surface area contributed by atoms with Crippen LogP contribution in [0.3, 0.4) is 0 Å². The Morgan fingerprint density at radius 3 is 2.33 bits per heavy atom. The van der Waals surface area contributed by atoms with Crippen molar-refractivity contribution in [2.24, 2.45) is 0 Å². The van der Waals surface area contributed by atoms with Crippen molar-refractivity contribution in [3.8, 4) is 0 Å². The van der Waals surface area contributed by atoms with Crippen LogP contribution in [-0.4, -0.2) is 49.8 Å². The van der Waals surface area contributed by atoms with Gasteiger partial charge >= 0.3 is 22.3 Å². The number of carbonyl (C=O) groups is 2. The van der Waals surface area contributed by atoms with E-state index in [1.165, 1.54) is 23.5 Å². The maximum Gasteiger partial charge on any atom is 0.329 e. The molecule has 0 radical (unpaired) electrons. The summed E-state index contributed by atoms with van der Waals surface area (Å²) >= 11 is 0. The summed E-state index contributed by atoms with van der Waals surface area (Å²) in [6.07, 6.45) is 1.26. The number of piperidine rings is 1. The molecule has 4 amide bonds. The van der Waals surface area contributed by atoms with Gasteiger partial charge in [0.05, 0.1) is 0 Å². The van der Waals surface area contributed by atoms with E-state index >= 15 is 0 Å². The van der Waals surface area contributed by atoms with Crippen molar-refractivity contribution in [1.29, 1.82) is 0 Å². The number of nitrogens with one attached hydrogen (secondary N) is 3. The van der Waals surface area contributed by atoms with Crippen molar-refractivity contribution >= 4 is 28.0 Å². The second-order valence-electron chi connectivity index (χ2n) is 8.18. The lowest BCUT2D eigenvalue weighted by Gasteiger charge is -2.31. The molecule has 0 saturated carbocycles. The van der Waals surface area contributed by atoms with E-state index in [0.29, 0.717) is 44.7 Å². The highest BCUT2D eigenvalue weighted by atomic mass is 32.2. The van der Waals surface area contributed by atoms with Crippen LogP contribution in [0.25, 0.3) is 0 Å². The highest BCUT2D eigenvalue weighted by molar-refractivity contribution is 7.87. The Hall–Kier alpha value is -3.18. The van der Waals surface area contributed by atoms with Crippen molar-refractivity contribution < 1.29 is 22.4 Å². The number of halogens is 1. The molecule has 0 spiro atoms. The van der Waals surface area contributed by atoms with E-state index in [1.54, 1.807) is 11.0 Å². The minimum atomic E-state index is -3.85. The molecule has 33 heavy (non-hydrogen) atoms. The van der Waals surface area contributed by atoms with Crippen LogP contribution >= 0.6 is 0 Å². The van der Waals surface area contributed by atoms with Gasteiger partial charge in [-0.25, -0.2) is 18.7 Å². The smallest absolute Gasteiger partial charge is 0.329 e. The number of hydrogen-bond donors (Lipinski definition) is 3. The summed E-state index contributed by atoms with van der Waals surface area (Å²) in [5.41, 5.74) is 3.48. The van der Waals surface area contributed by atoms with Crippen molar-refractivity contribution in [3.05, 3.63) is 65.0 Å². The van der Waals surface area contributed by atoms with Crippen molar-refractivity contribution in [1.82, 2.24) is 19.2 Å². The molecule has 2 aromatic carbocycles. The number of amides is 4. The summed E-state index contributed by atoms with van der Waals surface area (Å²) in [6.45, 7) is 1.43. The molecule has 2 heterocycles. The Kier molecular flexibility index (Phi) is 6.52. The fourth-order valence-corrected chi connectivity index (χ4v) is 5.37. The van der Waals surface area contributed by atoms with E-state index in [2.05, 4.69) is 10.6 Å². The summed E-state index contributed by atoms with van der Waals surface area (Å²) in [5, 5.41) is 5.11. The molecule has 2 aromatic rings. The molecule has 9 nitrogen and oxygen atoms in total. The lowest BCUT2D eigenvalue weighted by atomic mass is 9.90. The van der Waals surface area contributed by atoms with E-state index in [4.69, 9.17) is 0 Å². The maximum absolute atomic E-state index is 13.4. The van der Waals surface area contributed by atoms with Gasteiger partial charge in [-0.3, -0.25) is 0 Å². The van der Waals surface area contributed by atoms with E-state index in [1.807, 2.05) is 29.0 Å². The number of fused-ring (bicyclic) bond motifs is 1. The number of rotatable bonds is 4. The molecule has 0 aliphatic carbocycles. The molecule has 0 bridgehead atoms. The minimum absolute atomic E-state index is 0.184. The van der Waals surface area contributed by atoms with Crippen molar-refractivity contribution in [2.75, 3.05) is 25.5 Å². The molecule has 2 aliphatic rings. The number of nitrogens with zero attached hydrogens (tertiary/aromatic N) is 2. The normalized spacial score (nSPS) is 16.8. The zero-order valence-corrected chi connectivity index (χ0v) is 19.0. The van der Waals surface area contributed by atoms with E-state index in [0.717, 1.165) is 16.7 Å². The molecule has 176 valence electrons. The summed E-state index contributed by atoms with van der Waals surface area (Å²) < 4.78 is 41.1. The van der Waals surface area contributed by atoms with Gasteiger partial charge in [0, 0.05) is 38.9 Å². The van der Waals surface area contributed by atoms with Crippen LogP contribution in [-0.2, 0) is 23.3 Å². The molecular formula is C22H26FN5O4S. The SMILES string of the molecule is CNC(=O)NS(=O)(=O)N1CCC(c2ccc(NC(=O)N3Cc4ccc(F)cc4C3)cc2)CC1. The standard InChI is InChI=1S/C22H26FN5O4S/c1-24-21(29)26-33(31,32)28-10-8-16(9-11-28)15-3-6-20(7-4-15)25-22(30)27-13-17-2-5-19(23)12-18(17)14-27/h2-7,12,16H,8-11,13-14H2,1H3,(H,25,30)(H2,24,26,29). The van der Waals surface area contributed by atoms with Crippen molar-refractivity contribution in [2.45, 2.75) is 31.8 Å². The molecule has 1 saturated heterocycles. The lowest BCUT2D eigenvalue weighted by molar-refractivity contribution is 0.212. The summed E-state index contributed by atoms with van der Waals surface area (Å²) in [5.74, 6) is -0.123. The fraction of sp³-hybridized carbons (Fsp3) is 0.364. The largest absolute Gasteiger partial charge is 0.340 e. The molecule has 3 N–H and O–H groups in total. The molecule has 4 rings (SSSR count). The molecule has 0 atom stereocenters. The third kappa shape index (κ3) is 5.25. The number of benzene rings is 2. The highest BCUT2D eigenvalue weighted by Crippen LogP contribution is 2.30. The lowest BCUT2D eigenvalue weighted by Crippen LogP contribution is -2.48. The van der Waals surface area contributed by atoms with Crippen LogP contribution in [0.15, 0.2) is 42.5 Å². The Morgan fingerprint density at radius 2 is 1.67 bits per heavy atom. The Bertz CT molecular complexity index is 1150. The third-order valence-corrected chi connectivity index (χ3v) is 7.54. The second-order valence-corrected chi connectivity index (χ2v) is 9.85. The van der Waals surface area contributed by atoms with Gasteiger partial charge in [-0.05, 0) is 59.7 Å². The highest BCUT2D eigenvalue weighted by Gasteiger charge is 2.30. The molecule has 0 unspecified atom stereocenters. The average Bonchev–Trinajstić information content (AvgIpc) is 3.23. The minimum Gasteiger partial charge on any atom is -0.340 e. The van der Waals surface area contributed by atoms with E-state index in [9.17, 15) is 22.4 Å². The zero-order chi connectivity index (χ0) is 23.6. The summed E-state index contributed by atoms with van der Waals surface area (Å²) in [4.78, 5) is 25.6. The van der Waals surface area contributed by atoms with Gasteiger partial charge < -0.3 is 15.5 Å². The zero-order valence-electron chi connectivity index (χ0n) is 18.2. The molecule has 11 heteroatoms. The van der Waals surface area contributed by atoms with Crippen molar-refractivity contribution in [3.63, 3.8) is 0 Å².